The number of hydrogen-bond donors (Lipinski definition) is 1. The Bertz CT molecular complexity index is 1050. The Morgan fingerprint density at radius 1 is 1.08 bits per heavy atom. The number of amides is 1. The number of benzene rings is 2. The quantitative estimate of drug-likeness (QED) is 0.168. The summed E-state index contributed by atoms with van der Waals surface area (Å²) in [4.78, 5) is 12.5. The standard InChI is InChI=1S/C32H41NO3/c1-4-5-6-7-14-27(28-19-21-30(35-3)22-20-28)16-11-18-32(34)33-25(2)12-10-13-26-23-29-15-8-9-17-31(29)36-24-26/h8-9,11,15-23,25H,4-7,10,12-14,24H2,1-3H3,(H,33,34)/b18-11+,27-16+/t25-/m1/s1. The van der Waals surface area contributed by atoms with E-state index in [2.05, 4.69) is 49.5 Å². The highest BCUT2D eigenvalue weighted by Crippen LogP contribution is 2.28. The van der Waals surface area contributed by atoms with Gasteiger partial charge in [0.25, 0.3) is 0 Å². The van der Waals surface area contributed by atoms with Crippen LogP contribution in [-0.2, 0) is 4.79 Å². The lowest BCUT2D eigenvalue weighted by Crippen LogP contribution is -2.31. The Morgan fingerprint density at radius 3 is 2.67 bits per heavy atom. The topological polar surface area (TPSA) is 47.6 Å². The molecule has 4 heteroatoms. The van der Waals surface area contributed by atoms with E-state index in [1.165, 1.54) is 36.0 Å². The Hall–Kier alpha value is -3.27. The van der Waals surface area contributed by atoms with Crippen LogP contribution < -0.4 is 14.8 Å². The molecule has 0 saturated carbocycles. The van der Waals surface area contributed by atoms with Gasteiger partial charge in [-0.3, -0.25) is 4.79 Å². The molecule has 1 amide bonds. The Morgan fingerprint density at radius 2 is 1.89 bits per heavy atom. The first-order valence-corrected chi connectivity index (χ1v) is 13.3. The first kappa shape index (κ1) is 27.3. The fourth-order valence-corrected chi connectivity index (χ4v) is 4.43. The van der Waals surface area contributed by atoms with Gasteiger partial charge in [-0.15, -0.1) is 0 Å². The summed E-state index contributed by atoms with van der Waals surface area (Å²) in [6.07, 6.45) is 16.6. The zero-order chi connectivity index (χ0) is 25.6. The number of rotatable bonds is 14. The normalized spacial score (nSPS) is 14.1. The molecule has 2 aromatic carbocycles. The van der Waals surface area contributed by atoms with E-state index in [9.17, 15) is 4.79 Å². The second-order valence-corrected chi connectivity index (χ2v) is 9.52. The van der Waals surface area contributed by atoms with E-state index < -0.39 is 0 Å². The third-order valence-corrected chi connectivity index (χ3v) is 6.52. The number of unbranched alkanes of at least 4 members (excludes halogenated alkanes) is 3. The summed E-state index contributed by atoms with van der Waals surface area (Å²) in [7, 11) is 1.68. The van der Waals surface area contributed by atoms with Crippen molar-refractivity contribution in [2.24, 2.45) is 0 Å². The van der Waals surface area contributed by atoms with Gasteiger partial charge in [0.15, 0.2) is 0 Å². The molecule has 0 aliphatic carbocycles. The van der Waals surface area contributed by atoms with Crippen LogP contribution in [0, 0.1) is 0 Å². The van der Waals surface area contributed by atoms with Crippen LogP contribution in [-0.4, -0.2) is 25.7 Å². The molecule has 1 atom stereocenters. The maximum absolute atomic E-state index is 12.5. The van der Waals surface area contributed by atoms with Crippen molar-refractivity contribution < 1.29 is 14.3 Å². The van der Waals surface area contributed by atoms with Crippen molar-refractivity contribution in [2.75, 3.05) is 13.7 Å². The first-order valence-electron chi connectivity index (χ1n) is 13.3. The van der Waals surface area contributed by atoms with Crippen LogP contribution in [0.25, 0.3) is 11.6 Å². The Balaban J connectivity index is 1.47. The molecule has 0 unspecified atom stereocenters. The van der Waals surface area contributed by atoms with Crippen LogP contribution in [0.5, 0.6) is 11.5 Å². The highest BCUT2D eigenvalue weighted by molar-refractivity contribution is 5.88. The molecule has 1 N–H and O–H groups in total. The molecule has 0 spiro atoms. The fraction of sp³-hybridized carbons (Fsp3) is 0.406. The van der Waals surface area contributed by atoms with Gasteiger partial charge in [-0.25, -0.2) is 0 Å². The van der Waals surface area contributed by atoms with Gasteiger partial charge < -0.3 is 14.8 Å². The summed E-state index contributed by atoms with van der Waals surface area (Å²) in [5.74, 6) is 1.76. The van der Waals surface area contributed by atoms with Crippen LogP contribution in [0.15, 0.2) is 72.3 Å². The van der Waals surface area contributed by atoms with Crippen LogP contribution in [0.2, 0.25) is 0 Å². The molecule has 1 aliphatic rings. The lowest BCUT2D eigenvalue weighted by molar-refractivity contribution is -0.117. The molecular weight excluding hydrogens is 446 g/mol. The molecule has 36 heavy (non-hydrogen) atoms. The zero-order valence-corrected chi connectivity index (χ0v) is 22.1. The fourth-order valence-electron chi connectivity index (χ4n) is 4.43. The van der Waals surface area contributed by atoms with Gasteiger partial charge in [0, 0.05) is 17.7 Å². The summed E-state index contributed by atoms with van der Waals surface area (Å²) in [5, 5.41) is 3.10. The van der Waals surface area contributed by atoms with Crippen molar-refractivity contribution in [1.29, 1.82) is 0 Å². The molecule has 0 saturated heterocycles. The molecule has 0 aromatic heterocycles. The average molecular weight is 488 g/mol. The zero-order valence-electron chi connectivity index (χ0n) is 22.1. The van der Waals surface area contributed by atoms with Gasteiger partial charge in [0.2, 0.25) is 5.91 Å². The predicted octanol–water partition coefficient (Wildman–Crippen LogP) is 7.76. The van der Waals surface area contributed by atoms with Crippen LogP contribution >= 0.6 is 0 Å². The molecule has 0 radical (unpaired) electrons. The number of methoxy groups -OCH3 is 1. The number of hydrogen-bond acceptors (Lipinski definition) is 3. The van der Waals surface area contributed by atoms with E-state index >= 15 is 0 Å². The van der Waals surface area contributed by atoms with E-state index in [1.807, 2.05) is 36.4 Å². The molecular formula is C32H41NO3. The highest BCUT2D eigenvalue weighted by atomic mass is 16.5. The Kier molecular flexibility index (Phi) is 11.4. The van der Waals surface area contributed by atoms with Crippen molar-refractivity contribution >= 4 is 17.6 Å². The average Bonchev–Trinajstić information content (AvgIpc) is 2.90. The van der Waals surface area contributed by atoms with E-state index in [0.717, 1.165) is 49.2 Å². The SMILES string of the molecule is CCCCCC/C(=C\C=C\C(=O)N[C@H](C)CCCC1=Cc2ccccc2OC1)c1ccc(OC)cc1. The van der Waals surface area contributed by atoms with E-state index in [1.54, 1.807) is 13.2 Å². The minimum atomic E-state index is -0.0482. The lowest BCUT2D eigenvalue weighted by atomic mass is 9.98. The molecule has 192 valence electrons. The van der Waals surface area contributed by atoms with Crippen molar-refractivity contribution in [2.45, 2.75) is 71.3 Å². The van der Waals surface area contributed by atoms with E-state index in [0.29, 0.717) is 6.61 Å². The summed E-state index contributed by atoms with van der Waals surface area (Å²) in [6.45, 7) is 4.95. The monoisotopic (exact) mass is 487 g/mol. The number of carbonyl (C=O) groups excluding carboxylic acids is 1. The van der Waals surface area contributed by atoms with Gasteiger partial charge in [-0.05, 0) is 80.0 Å². The van der Waals surface area contributed by atoms with Crippen molar-refractivity contribution in [3.05, 3.63) is 83.5 Å². The molecule has 2 aromatic rings. The minimum Gasteiger partial charge on any atom is -0.497 e. The number of allylic oxidation sites excluding steroid dienone is 3. The van der Waals surface area contributed by atoms with Crippen LogP contribution in [0.4, 0.5) is 0 Å². The van der Waals surface area contributed by atoms with Crippen LogP contribution in [0.1, 0.15) is 76.3 Å². The first-order chi connectivity index (χ1) is 17.6. The summed E-state index contributed by atoms with van der Waals surface area (Å²) in [6, 6.07) is 16.4. The molecule has 1 heterocycles. The minimum absolute atomic E-state index is 0.0482. The molecule has 4 nitrogen and oxygen atoms in total. The number of carbonyl (C=O) groups is 1. The number of nitrogens with one attached hydrogen (secondary N) is 1. The Labute approximate surface area is 217 Å². The van der Waals surface area contributed by atoms with Crippen molar-refractivity contribution in [1.82, 2.24) is 5.32 Å². The summed E-state index contributed by atoms with van der Waals surface area (Å²) in [5.41, 5.74) is 4.88. The van der Waals surface area contributed by atoms with Gasteiger partial charge in [0.05, 0.1) is 7.11 Å². The molecule has 0 bridgehead atoms. The third kappa shape index (κ3) is 9.07. The van der Waals surface area contributed by atoms with Crippen molar-refractivity contribution in [3.63, 3.8) is 0 Å². The number of fused-ring (bicyclic) bond motifs is 1. The highest BCUT2D eigenvalue weighted by Gasteiger charge is 2.11. The van der Waals surface area contributed by atoms with Gasteiger partial charge in [-0.1, -0.05) is 68.7 Å². The third-order valence-electron chi connectivity index (χ3n) is 6.52. The molecule has 1 aliphatic heterocycles. The lowest BCUT2D eigenvalue weighted by Gasteiger charge is -2.18. The number of ether oxygens (including phenoxy) is 2. The molecule has 0 fully saturated rings. The van der Waals surface area contributed by atoms with E-state index in [4.69, 9.17) is 9.47 Å². The number of para-hydroxylation sites is 1. The van der Waals surface area contributed by atoms with Gasteiger partial charge in [-0.2, -0.15) is 0 Å². The maximum atomic E-state index is 12.5. The largest absolute Gasteiger partial charge is 0.497 e. The summed E-state index contributed by atoms with van der Waals surface area (Å²) < 4.78 is 11.1. The van der Waals surface area contributed by atoms with Gasteiger partial charge >= 0.3 is 0 Å². The smallest absolute Gasteiger partial charge is 0.244 e. The van der Waals surface area contributed by atoms with E-state index in [-0.39, 0.29) is 11.9 Å². The summed E-state index contributed by atoms with van der Waals surface area (Å²) >= 11 is 0. The van der Waals surface area contributed by atoms with Gasteiger partial charge in [0.1, 0.15) is 18.1 Å². The second kappa shape index (κ2) is 15.0. The predicted molar refractivity (Wildman–Crippen MR) is 150 cm³/mol. The van der Waals surface area contributed by atoms with Crippen LogP contribution in [0.3, 0.4) is 0 Å². The van der Waals surface area contributed by atoms with Crippen molar-refractivity contribution in [3.8, 4) is 11.5 Å². The second-order valence-electron chi connectivity index (χ2n) is 9.52. The molecule has 3 rings (SSSR count). The maximum Gasteiger partial charge on any atom is 0.244 e.